The zero-order chi connectivity index (χ0) is 15.0. The summed E-state index contributed by atoms with van der Waals surface area (Å²) >= 11 is 6.25. The molecule has 2 aromatic rings. The molecular weight excluding hydrogens is 597 g/mol. The lowest BCUT2D eigenvalue weighted by Gasteiger charge is -2.15. The van der Waals surface area contributed by atoms with Gasteiger partial charge >= 0.3 is 5.97 Å². The van der Waals surface area contributed by atoms with Crippen molar-refractivity contribution in [2.45, 2.75) is 6.92 Å². The Bertz CT molecular complexity index is 691. The van der Waals surface area contributed by atoms with E-state index in [9.17, 15) is 15.0 Å². The van der Waals surface area contributed by atoms with Gasteiger partial charge in [-0.1, -0.05) is 12.1 Å². The Morgan fingerprint density at radius 2 is 1.75 bits per heavy atom. The van der Waals surface area contributed by atoms with Crippen molar-refractivity contribution < 1.29 is 15.0 Å². The minimum absolute atomic E-state index is 0.165. The predicted octanol–water partition coefficient (Wildman–Crippen LogP) is 4.88. The van der Waals surface area contributed by atoms with Gasteiger partial charge in [0, 0.05) is 21.8 Å². The summed E-state index contributed by atoms with van der Waals surface area (Å²) in [6, 6.07) is 7.12. The van der Waals surface area contributed by atoms with Gasteiger partial charge in [-0.05, 0) is 92.4 Å². The van der Waals surface area contributed by atoms with Gasteiger partial charge < -0.3 is 10.2 Å². The van der Waals surface area contributed by atoms with Gasteiger partial charge in [-0.25, -0.2) is 4.79 Å². The highest BCUT2D eigenvalue weighted by molar-refractivity contribution is 14.1. The number of aromatic carboxylic acids is 1. The molecule has 0 aromatic heterocycles. The topological polar surface area (TPSA) is 57.5 Å². The molecule has 0 saturated heterocycles. The average Bonchev–Trinajstić information content (AvgIpc) is 2.31. The van der Waals surface area contributed by atoms with Gasteiger partial charge in [-0.15, -0.1) is 0 Å². The molecule has 2 rings (SSSR count). The highest BCUT2D eigenvalue weighted by Gasteiger charge is 2.22. The van der Waals surface area contributed by atoms with Crippen LogP contribution in [-0.4, -0.2) is 16.2 Å². The predicted molar refractivity (Wildman–Crippen MR) is 103 cm³/mol. The van der Waals surface area contributed by atoms with E-state index in [4.69, 9.17) is 0 Å². The number of aryl methyl sites for hydroxylation is 1. The molecule has 0 fully saturated rings. The summed E-state index contributed by atoms with van der Waals surface area (Å²) in [5.74, 6) is -0.789. The fraction of sp³-hybridized carbons (Fsp3) is 0.0714. The third-order valence-electron chi connectivity index (χ3n) is 2.88. The number of aromatic hydroxyl groups is 1. The lowest BCUT2D eigenvalue weighted by molar-refractivity contribution is 0.0694. The van der Waals surface area contributed by atoms with E-state index >= 15 is 0 Å². The van der Waals surface area contributed by atoms with Crippen LogP contribution in [0, 0.1) is 17.6 Å². The molecule has 0 aliphatic rings. The second-order valence-corrected chi connectivity index (χ2v) is 7.58. The Morgan fingerprint density at radius 3 is 2.30 bits per heavy atom. The lowest BCUT2D eigenvalue weighted by Crippen LogP contribution is -2.06. The molecular formula is C14H9I3O3. The summed E-state index contributed by atoms with van der Waals surface area (Å²) in [4.78, 5) is 11.4. The molecule has 0 saturated carbocycles. The molecule has 2 N–H and O–H groups in total. The fourth-order valence-corrected chi connectivity index (χ4v) is 6.36. The van der Waals surface area contributed by atoms with E-state index < -0.39 is 5.97 Å². The number of carboxylic acids is 1. The quantitative estimate of drug-likeness (QED) is 0.480. The minimum Gasteiger partial charge on any atom is -0.507 e. The molecule has 0 aliphatic carbocycles. The normalized spacial score (nSPS) is 10.6. The van der Waals surface area contributed by atoms with Crippen LogP contribution in [0.1, 0.15) is 15.9 Å². The van der Waals surface area contributed by atoms with Gasteiger partial charge in [0.25, 0.3) is 0 Å². The summed E-state index contributed by atoms with van der Waals surface area (Å²) in [5.41, 5.74) is 2.67. The molecule has 0 bridgehead atoms. The minimum atomic E-state index is -0.954. The second-order valence-electron chi connectivity index (χ2n) is 4.18. The standard InChI is InChI=1S/C14H9I3O3/c1-6-3-2-4-9(18)10(6)11-7(15)5-8(16)12(13(11)17)14(19)20/h2-5,18H,1H3,(H,19,20). The first-order valence-electron chi connectivity index (χ1n) is 5.54. The zero-order valence-electron chi connectivity index (χ0n) is 10.2. The summed E-state index contributed by atoms with van der Waals surface area (Å²) in [5, 5.41) is 19.5. The van der Waals surface area contributed by atoms with Crippen LogP contribution >= 0.6 is 67.8 Å². The summed E-state index contributed by atoms with van der Waals surface area (Å²) in [6.45, 7) is 1.90. The molecule has 0 unspecified atom stereocenters. The number of phenols is 1. The molecule has 6 heteroatoms. The third-order valence-corrected chi connectivity index (χ3v) is 5.67. The van der Waals surface area contributed by atoms with Gasteiger partial charge in [0.2, 0.25) is 0 Å². The van der Waals surface area contributed by atoms with Gasteiger partial charge in [0.1, 0.15) is 5.75 Å². The zero-order valence-corrected chi connectivity index (χ0v) is 16.7. The summed E-state index contributed by atoms with van der Waals surface area (Å²) in [7, 11) is 0. The van der Waals surface area contributed by atoms with E-state index in [0.717, 1.165) is 14.7 Å². The fourth-order valence-electron chi connectivity index (χ4n) is 1.99. The average molecular weight is 606 g/mol. The Hall–Kier alpha value is -0.100. The van der Waals surface area contributed by atoms with E-state index in [1.54, 1.807) is 12.1 Å². The molecule has 0 atom stereocenters. The number of benzene rings is 2. The monoisotopic (exact) mass is 606 g/mol. The third kappa shape index (κ3) is 2.91. The van der Waals surface area contributed by atoms with Crippen molar-refractivity contribution >= 4 is 73.7 Å². The molecule has 3 nitrogen and oxygen atoms in total. The Kier molecular flexibility index (Phi) is 5.16. The molecule has 0 spiro atoms. The Labute approximate surface area is 157 Å². The first kappa shape index (κ1) is 16.3. The maximum absolute atomic E-state index is 11.4. The molecule has 2 aromatic carbocycles. The first-order chi connectivity index (χ1) is 9.34. The van der Waals surface area contributed by atoms with Crippen LogP contribution < -0.4 is 0 Å². The molecule has 0 radical (unpaired) electrons. The van der Waals surface area contributed by atoms with Gasteiger partial charge in [-0.2, -0.15) is 0 Å². The van der Waals surface area contributed by atoms with Crippen LogP contribution in [0.5, 0.6) is 5.75 Å². The van der Waals surface area contributed by atoms with E-state index in [0.29, 0.717) is 12.7 Å². The summed E-state index contributed by atoms with van der Waals surface area (Å²) < 4.78 is 2.27. The van der Waals surface area contributed by atoms with Crippen molar-refractivity contribution in [3.8, 4) is 16.9 Å². The molecule has 104 valence electrons. The van der Waals surface area contributed by atoms with Crippen LogP contribution in [0.15, 0.2) is 24.3 Å². The van der Waals surface area contributed by atoms with Crippen LogP contribution in [0.3, 0.4) is 0 Å². The van der Waals surface area contributed by atoms with E-state index in [2.05, 4.69) is 22.6 Å². The molecule has 0 aliphatic heterocycles. The maximum Gasteiger partial charge on any atom is 0.337 e. The number of hydrogen-bond acceptors (Lipinski definition) is 2. The van der Waals surface area contributed by atoms with Gasteiger partial charge in [0.15, 0.2) is 0 Å². The number of halogens is 3. The number of carbonyl (C=O) groups is 1. The van der Waals surface area contributed by atoms with Crippen molar-refractivity contribution in [2.24, 2.45) is 0 Å². The molecule has 20 heavy (non-hydrogen) atoms. The van der Waals surface area contributed by atoms with Crippen LogP contribution in [0.4, 0.5) is 0 Å². The highest BCUT2D eigenvalue weighted by atomic mass is 127. The molecule has 0 heterocycles. The summed E-state index contributed by atoms with van der Waals surface area (Å²) in [6.07, 6.45) is 0. The smallest absolute Gasteiger partial charge is 0.337 e. The van der Waals surface area contributed by atoms with E-state index in [1.165, 1.54) is 0 Å². The number of phenolic OH excluding ortho intramolecular Hbond substituents is 1. The number of carboxylic acid groups (broad SMARTS) is 1. The van der Waals surface area contributed by atoms with Crippen LogP contribution in [0.2, 0.25) is 0 Å². The van der Waals surface area contributed by atoms with Crippen molar-refractivity contribution in [3.63, 3.8) is 0 Å². The van der Waals surface area contributed by atoms with Crippen molar-refractivity contribution in [1.82, 2.24) is 0 Å². The van der Waals surface area contributed by atoms with Crippen LogP contribution in [0.25, 0.3) is 11.1 Å². The molecule has 0 amide bonds. The number of rotatable bonds is 2. The Morgan fingerprint density at radius 1 is 1.10 bits per heavy atom. The van der Waals surface area contributed by atoms with Crippen LogP contribution in [-0.2, 0) is 0 Å². The van der Waals surface area contributed by atoms with Gasteiger partial charge in [0.05, 0.1) is 5.56 Å². The number of hydrogen-bond donors (Lipinski definition) is 2. The first-order valence-corrected chi connectivity index (χ1v) is 8.78. The highest BCUT2D eigenvalue weighted by Crippen LogP contribution is 2.40. The largest absolute Gasteiger partial charge is 0.507 e. The second kappa shape index (κ2) is 6.34. The van der Waals surface area contributed by atoms with Crippen molar-refractivity contribution in [3.05, 3.63) is 46.1 Å². The van der Waals surface area contributed by atoms with Gasteiger partial charge in [-0.3, -0.25) is 0 Å². The van der Waals surface area contributed by atoms with E-state index in [-0.39, 0.29) is 11.3 Å². The van der Waals surface area contributed by atoms with Crippen molar-refractivity contribution in [2.75, 3.05) is 0 Å². The maximum atomic E-state index is 11.4. The van der Waals surface area contributed by atoms with Crippen molar-refractivity contribution in [1.29, 1.82) is 0 Å². The van der Waals surface area contributed by atoms with E-state index in [1.807, 2.05) is 64.2 Å². The lowest BCUT2D eigenvalue weighted by atomic mass is 9.98. The Balaban J connectivity index is 2.88. The SMILES string of the molecule is Cc1cccc(O)c1-c1c(I)cc(I)c(C(=O)O)c1I.